The highest BCUT2D eigenvalue weighted by atomic mass is 32.1. The van der Waals surface area contributed by atoms with E-state index in [2.05, 4.69) is 10.9 Å². The van der Waals surface area contributed by atoms with E-state index in [0.29, 0.717) is 0 Å². The Bertz CT molecular complexity index is 586. The van der Waals surface area contributed by atoms with Gasteiger partial charge in [0, 0.05) is 11.6 Å². The van der Waals surface area contributed by atoms with Gasteiger partial charge in [-0.25, -0.2) is 10.2 Å². The molecule has 0 saturated heterocycles. The average Bonchev–Trinajstić information content (AvgIpc) is 2.34. The first kappa shape index (κ1) is 16.8. The highest BCUT2D eigenvalue weighted by molar-refractivity contribution is 7.80. The molecule has 2 N–H and O–H groups in total. The maximum atomic E-state index is 13.2. The summed E-state index contributed by atoms with van der Waals surface area (Å²) in [6, 6.07) is 3.16. The average molecular weight is 315 g/mol. The van der Waals surface area contributed by atoms with E-state index >= 15 is 0 Å². The molecule has 0 aromatic heterocycles. The lowest BCUT2D eigenvalue weighted by Gasteiger charge is -2.20. The molecule has 0 atom stereocenters. The molecule has 0 radical (unpaired) electrons. The summed E-state index contributed by atoms with van der Waals surface area (Å²) < 4.78 is 18.2. The smallest absolute Gasteiger partial charge is 0.426 e. The second-order valence-electron chi connectivity index (χ2n) is 5.00. The molecule has 1 rings (SSSR count). The van der Waals surface area contributed by atoms with Gasteiger partial charge in [-0.2, -0.15) is 4.39 Å². The maximum Gasteiger partial charge on any atom is 0.426 e. The molecular formula is C12H14FN3O4S. The summed E-state index contributed by atoms with van der Waals surface area (Å²) in [5.41, 5.74) is 3.36. The van der Waals surface area contributed by atoms with Crippen molar-refractivity contribution in [2.24, 2.45) is 0 Å². The third-order valence-electron chi connectivity index (χ3n) is 2.08. The molecule has 0 aliphatic carbocycles. The summed E-state index contributed by atoms with van der Waals surface area (Å²) in [5.74, 6) is -0.966. The van der Waals surface area contributed by atoms with Gasteiger partial charge in [0.1, 0.15) is 10.6 Å². The number of nitro benzene ring substituents is 1. The van der Waals surface area contributed by atoms with Crippen LogP contribution in [0.5, 0.6) is 0 Å². The number of ether oxygens (including phenoxy) is 1. The van der Waals surface area contributed by atoms with Crippen LogP contribution in [0, 0.1) is 15.9 Å². The number of amides is 1. The van der Waals surface area contributed by atoms with Crippen LogP contribution in [0.4, 0.5) is 14.9 Å². The molecule has 7 nitrogen and oxygen atoms in total. The molecule has 0 aliphatic heterocycles. The van der Waals surface area contributed by atoms with Crippen molar-refractivity contribution in [3.63, 3.8) is 0 Å². The summed E-state index contributed by atoms with van der Waals surface area (Å²) in [5, 5.41) is 10.6. The van der Waals surface area contributed by atoms with E-state index in [9.17, 15) is 19.3 Å². The summed E-state index contributed by atoms with van der Waals surface area (Å²) in [7, 11) is 0. The van der Waals surface area contributed by atoms with Crippen LogP contribution in [-0.4, -0.2) is 21.6 Å². The number of benzene rings is 1. The summed E-state index contributed by atoms with van der Waals surface area (Å²) in [6.07, 6.45) is -0.763. The molecule has 1 aromatic rings. The van der Waals surface area contributed by atoms with Gasteiger partial charge >= 0.3 is 11.8 Å². The van der Waals surface area contributed by atoms with Crippen LogP contribution in [0.15, 0.2) is 18.2 Å². The van der Waals surface area contributed by atoms with Gasteiger partial charge < -0.3 is 4.74 Å². The van der Waals surface area contributed by atoms with E-state index in [4.69, 9.17) is 17.0 Å². The van der Waals surface area contributed by atoms with Crippen LogP contribution < -0.4 is 10.9 Å². The Kier molecular flexibility index (Phi) is 5.14. The van der Waals surface area contributed by atoms with E-state index in [1.165, 1.54) is 6.07 Å². The molecule has 0 fully saturated rings. The fourth-order valence-electron chi connectivity index (χ4n) is 1.28. The molecule has 0 heterocycles. The zero-order valence-electron chi connectivity index (χ0n) is 11.6. The standard InChI is InChI=1S/C12H14FN3O4S/c1-12(2,3)20-11(17)15-14-10(21)7-4-5-8(13)9(6-7)16(18)19/h4-6H,1-3H3,(H,14,21)(H,15,17). The summed E-state index contributed by atoms with van der Waals surface area (Å²) in [4.78, 5) is 21.2. The van der Waals surface area contributed by atoms with Crippen molar-refractivity contribution >= 4 is 29.0 Å². The molecule has 0 saturated carbocycles. The second-order valence-corrected chi connectivity index (χ2v) is 5.41. The van der Waals surface area contributed by atoms with Crippen molar-refractivity contribution in [1.29, 1.82) is 0 Å². The molecule has 0 spiro atoms. The fraction of sp³-hybridized carbons (Fsp3) is 0.333. The van der Waals surface area contributed by atoms with Crippen molar-refractivity contribution in [2.45, 2.75) is 26.4 Å². The van der Waals surface area contributed by atoms with Gasteiger partial charge in [-0.15, -0.1) is 0 Å². The minimum atomic E-state index is -0.966. The number of thiocarbonyl (C=S) groups is 1. The first-order valence-electron chi connectivity index (χ1n) is 5.83. The number of nitrogens with zero attached hydrogens (tertiary/aromatic N) is 1. The van der Waals surface area contributed by atoms with Crippen molar-refractivity contribution in [3.8, 4) is 0 Å². The Morgan fingerprint density at radius 3 is 2.52 bits per heavy atom. The fourth-order valence-corrected chi connectivity index (χ4v) is 1.46. The maximum absolute atomic E-state index is 13.2. The van der Waals surface area contributed by atoms with E-state index in [1.807, 2.05) is 0 Å². The van der Waals surface area contributed by atoms with Gasteiger partial charge in [-0.1, -0.05) is 12.2 Å². The van der Waals surface area contributed by atoms with Crippen LogP contribution in [0.25, 0.3) is 0 Å². The topological polar surface area (TPSA) is 93.5 Å². The number of rotatable bonds is 2. The van der Waals surface area contributed by atoms with E-state index in [0.717, 1.165) is 12.1 Å². The normalized spacial score (nSPS) is 10.7. The summed E-state index contributed by atoms with van der Waals surface area (Å²) in [6.45, 7) is 5.07. The molecule has 1 amide bonds. The van der Waals surface area contributed by atoms with Gasteiger partial charge in [-0.05, 0) is 32.9 Å². The first-order chi connectivity index (χ1) is 9.60. The van der Waals surface area contributed by atoms with Gasteiger partial charge in [0.15, 0.2) is 0 Å². The van der Waals surface area contributed by atoms with Gasteiger partial charge in [0.25, 0.3) is 0 Å². The quantitative estimate of drug-likeness (QED) is 0.494. The Hall–Kier alpha value is -2.29. The van der Waals surface area contributed by atoms with Crippen molar-refractivity contribution in [3.05, 3.63) is 39.7 Å². The predicted molar refractivity (Wildman–Crippen MR) is 77.3 cm³/mol. The van der Waals surface area contributed by atoms with Crippen LogP contribution in [0.2, 0.25) is 0 Å². The number of carbonyl (C=O) groups is 1. The van der Waals surface area contributed by atoms with Crippen molar-refractivity contribution in [2.75, 3.05) is 0 Å². The lowest BCUT2D eigenvalue weighted by Crippen LogP contribution is -2.43. The molecule has 0 unspecified atom stereocenters. The predicted octanol–water partition coefficient (Wildman–Crippen LogP) is 2.44. The number of hydrazine groups is 1. The Morgan fingerprint density at radius 2 is 2.00 bits per heavy atom. The Labute approximate surface area is 125 Å². The third kappa shape index (κ3) is 5.30. The number of halogens is 1. The molecule has 0 aliphatic rings. The number of hydrogen-bond donors (Lipinski definition) is 2. The van der Waals surface area contributed by atoms with Crippen molar-refractivity contribution in [1.82, 2.24) is 10.9 Å². The van der Waals surface area contributed by atoms with Gasteiger partial charge in [0.2, 0.25) is 5.82 Å². The number of carbonyl (C=O) groups excluding carboxylic acids is 1. The minimum Gasteiger partial charge on any atom is -0.443 e. The first-order valence-corrected chi connectivity index (χ1v) is 6.24. The molecule has 9 heteroatoms. The molecule has 1 aromatic carbocycles. The SMILES string of the molecule is CC(C)(C)OC(=O)NNC(=S)c1ccc(F)c([N+](=O)[O-])c1. The Morgan fingerprint density at radius 1 is 1.38 bits per heavy atom. The van der Waals surface area contributed by atoms with Crippen LogP contribution in [0.3, 0.4) is 0 Å². The molecule has 0 bridgehead atoms. The highest BCUT2D eigenvalue weighted by Crippen LogP contribution is 2.18. The van der Waals surface area contributed by atoms with Crippen LogP contribution >= 0.6 is 12.2 Å². The Balaban J connectivity index is 2.71. The minimum absolute atomic E-state index is 0.0102. The zero-order chi connectivity index (χ0) is 16.2. The van der Waals surface area contributed by atoms with E-state index in [-0.39, 0.29) is 10.6 Å². The molecule has 21 heavy (non-hydrogen) atoms. The second kappa shape index (κ2) is 6.44. The summed E-state index contributed by atoms with van der Waals surface area (Å²) >= 11 is 4.94. The number of hydrogen-bond acceptors (Lipinski definition) is 5. The monoisotopic (exact) mass is 315 g/mol. The number of nitrogens with one attached hydrogen (secondary N) is 2. The largest absolute Gasteiger partial charge is 0.443 e. The number of nitro groups is 1. The third-order valence-corrected chi connectivity index (χ3v) is 2.42. The van der Waals surface area contributed by atoms with Crippen LogP contribution in [0.1, 0.15) is 26.3 Å². The van der Waals surface area contributed by atoms with E-state index < -0.39 is 28.1 Å². The van der Waals surface area contributed by atoms with Gasteiger partial charge in [0.05, 0.1) is 4.92 Å². The lowest BCUT2D eigenvalue weighted by atomic mass is 10.2. The molecule has 114 valence electrons. The van der Waals surface area contributed by atoms with Gasteiger partial charge in [-0.3, -0.25) is 15.5 Å². The lowest BCUT2D eigenvalue weighted by molar-refractivity contribution is -0.387. The zero-order valence-corrected chi connectivity index (χ0v) is 12.4. The van der Waals surface area contributed by atoms with E-state index in [1.54, 1.807) is 20.8 Å². The molecular weight excluding hydrogens is 301 g/mol. The highest BCUT2D eigenvalue weighted by Gasteiger charge is 2.18. The van der Waals surface area contributed by atoms with Crippen molar-refractivity contribution < 1.29 is 18.8 Å². The van der Waals surface area contributed by atoms with Crippen LogP contribution in [-0.2, 0) is 4.74 Å².